The Morgan fingerprint density at radius 3 is 1.65 bits per heavy atom. The summed E-state index contributed by atoms with van der Waals surface area (Å²) in [5, 5.41) is 19.5. The lowest BCUT2D eigenvalue weighted by Crippen LogP contribution is -2.25. The highest BCUT2D eigenvalue weighted by atomic mass is 28.2. The molecule has 0 saturated carbocycles. The minimum atomic E-state index is -1.22. The normalized spacial score (nSPS) is 11.1. The summed E-state index contributed by atoms with van der Waals surface area (Å²) in [6.45, 7) is 0. The van der Waals surface area contributed by atoms with E-state index in [9.17, 15) is 19.8 Å². The van der Waals surface area contributed by atoms with Crippen molar-refractivity contribution in [1.82, 2.24) is 0 Å². The van der Waals surface area contributed by atoms with Crippen LogP contribution in [-0.2, 0) is 0 Å². The van der Waals surface area contributed by atoms with E-state index in [1.54, 1.807) is 6.07 Å². The van der Waals surface area contributed by atoms with Gasteiger partial charge in [0.2, 0.25) is 0 Å². The van der Waals surface area contributed by atoms with E-state index in [4.69, 9.17) is 0 Å². The molecule has 0 aliphatic heterocycles. The van der Waals surface area contributed by atoms with Gasteiger partial charge in [0, 0.05) is 5.54 Å². The maximum atomic E-state index is 11.5. The van der Waals surface area contributed by atoms with Gasteiger partial charge < -0.3 is 10.2 Å². The summed E-state index contributed by atoms with van der Waals surface area (Å²) in [5.74, 6) is -2.44. The number of benzene rings is 3. The standard InChI is InChI=1S/C21H18O4Si/c22-20(23)17-12-11-16(13-18(17)21(24)25)26-19(14-7-3-1-4-8-14)15-9-5-2-6-10-15/h1-13,19H,26H2,(H,22,23)(H,24,25). The van der Waals surface area contributed by atoms with Crippen molar-refractivity contribution in [3.05, 3.63) is 101 Å². The van der Waals surface area contributed by atoms with E-state index in [2.05, 4.69) is 24.3 Å². The van der Waals surface area contributed by atoms with Crippen LogP contribution in [0.4, 0.5) is 0 Å². The quantitative estimate of drug-likeness (QED) is 0.661. The van der Waals surface area contributed by atoms with E-state index in [1.807, 2.05) is 36.4 Å². The molecular weight excluding hydrogens is 344 g/mol. The minimum Gasteiger partial charge on any atom is -0.478 e. The van der Waals surface area contributed by atoms with Crippen LogP contribution in [0.15, 0.2) is 78.9 Å². The SMILES string of the molecule is O=C(O)c1ccc([SiH2]C(c2ccccc2)c2ccccc2)cc1C(=O)O. The summed E-state index contributed by atoms with van der Waals surface area (Å²) in [6.07, 6.45) is 0. The third-order valence-corrected chi connectivity index (χ3v) is 6.65. The molecule has 0 amide bonds. The zero-order valence-corrected chi connectivity index (χ0v) is 15.4. The van der Waals surface area contributed by atoms with E-state index >= 15 is 0 Å². The van der Waals surface area contributed by atoms with Gasteiger partial charge in [0.05, 0.1) is 20.6 Å². The lowest BCUT2D eigenvalue weighted by atomic mass is 10.0. The fraction of sp³-hybridized carbons (Fsp3) is 0.0476. The Hall–Kier alpha value is -3.18. The highest BCUT2D eigenvalue weighted by molar-refractivity contribution is 6.56. The molecule has 3 rings (SSSR count). The van der Waals surface area contributed by atoms with Crippen LogP contribution >= 0.6 is 0 Å². The molecular formula is C21H18O4Si. The molecule has 0 bridgehead atoms. The molecule has 0 heterocycles. The Bertz CT molecular complexity index is 884. The third-order valence-electron chi connectivity index (χ3n) is 4.39. The van der Waals surface area contributed by atoms with Crippen LogP contribution in [0.25, 0.3) is 0 Å². The molecule has 0 fully saturated rings. The molecule has 130 valence electrons. The fourth-order valence-corrected chi connectivity index (χ4v) is 5.18. The Balaban J connectivity index is 2.01. The number of aromatic carboxylic acids is 2. The van der Waals surface area contributed by atoms with Gasteiger partial charge in [0.25, 0.3) is 0 Å². The first-order chi connectivity index (χ1) is 12.6. The zero-order valence-electron chi connectivity index (χ0n) is 14.0. The van der Waals surface area contributed by atoms with Gasteiger partial charge in [-0.1, -0.05) is 71.9 Å². The van der Waals surface area contributed by atoms with E-state index in [1.165, 1.54) is 23.3 Å². The number of hydrogen-bond donors (Lipinski definition) is 2. The van der Waals surface area contributed by atoms with Crippen molar-refractivity contribution in [3.8, 4) is 0 Å². The van der Waals surface area contributed by atoms with Gasteiger partial charge in [-0.2, -0.15) is 0 Å². The average Bonchev–Trinajstić information content (AvgIpc) is 2.67. The third kappa shape index (κ3) is 3.89. The topological polar surface area (TPSA) is 74.6 Å². The van der Waals surface area contributed by atoms with E-state index < -0.39 is 21.5 Å². The Morgan fingerprint density at radius 1 is 0.692 bits per heavy atom. The summed E-state index contributed by atoms with van der Waals surface area (Å²) < 4.78 is 0. The molecule has 26 heavy (non-hydrogen) atoms. The van der Waals surface area contributed by atoms with Gasteiger partial charge in [-0.05, 0) is 23.3 Å². The molecule has 0 unspecified atom stereocenters. The predicted octanol–water partition coefficient (Wildman–Crippen LogP) is 2.67. The molecule has 4 nitrogen and oxygen atoms in total. The van der Waals surface area contributed by atoms with E-state index in [0.717, 1.165) is 5.19 Å². The van der Waals surface area contributed by atoms with Crippen molar-refractivity contribution in [2.45, 2.75) is 5.54 Å². The summed E-state index contributed by atoms with van der Waals surface area (Å²) in [4.78, 5) is 22.7. The van der Waals surface area contributed by atoms with Crippen LogP contribution in [0.2, 0.25) is 0 Å². The number of hydrogen-bond acceptors (Lipinski definition) is 2. The molecule has 0 radical (unpaired) electrons. The van der Waals surface area contributed by atoms with E-state index in [0.29, 0.717) is 0 Å². The van der Waals surface area contributed by atoms with Crippen LogP contribution < -0.4 is 5.19 Å². The highest BCUT2D eigenvalue weighted by Gasteiger charge is 2.20. The van der Waals surface area contributed by atoms with Crippen LogP contribution in [0.1, 0.15) is 37.4 Å². The predicted molar refractivity (Wildman–Crippen MR) is 103 cm³/mol. The summed E-state index contributed by atoms with van der Waals surface area (Å²) in [6, 6.07) is 24.9. The fourth-order valence-electron chi connectivity index (χ4n) is 3.12. The van der Waals surface area contributed by atoms with Gasteiger partial charge in [0.1, 0.15) is 0 Å². The van der Waals surface area contributed by atoms with Crippen molar-refractivity contribution in [2.75, 3.05) is 0 Å². The van der Waals surface area contributed by atoms with Gasteiger partial charge in [-0.3, -0.25) is 0 Å². The molecule has 2 N–H and O–H groups in total. The number of carboxylic acids is 2. The van der Waals surface area contributed by atoms with Crippen LogP contribution in [0.3, 0.4) is 0 Å². The molecule has 0 aromatic heterocycles. The largest absolute Gasteiger partial charge is 0.478 e. The van der Waals surface area contributed by atoms with E-state index in [-0.39, 0.29) is 16.7 Å². The minimum absolute atomic E-state index is 0.151. The summed E-state index contributed by atoms with van der Waals surface area (Å²) in [7, 11) is -0.944. The molecule has 0 saturated heterocycles. The second-order valence-corrected chi connectivity index (χ2v) is 8.11. The van der Waals surface area contributed by atoms with Gasteiger partial charge in [0.15, 0.2) is 0 Å². The van der Waals surface area contributed by atoms with Crippen LogP contribution in [-0.4, -0.2) is 31.7 Å². The van der Waals surface area contributed by atoms with Gasteiger partial charge >= 0.3 is 11.9 Å². The highest BCUT2D eigenvalue weighted by Crippen LogP contribution is 2.23. The molecule has 3 aromatic carbocycles. The molecule has 3 aromatic rings. The zero-order chi connectivity index (χ0) is 18.5. The lowest BCUT2D eigenvalue weighted by Gasteiger charge is -2.18. The number of rotatable bonds is 6. The average molecular weight is 362 g/mol. The maximum absolute atomic E-state index is 11.5. The first-order valence-corrected chi connectivity index (χ1v) is 9.78. The molecule has 5 heteroatoms. The number of carbonyl (C=O) groups is 2. The number of carboxylic acid groups (broad SMARTS) is 2. The van der Waals surface area contributed by atoms with Crippen LogP contribution in [0, 0.1) is 0 Å². The van der Waals surface area contributed by atoms with Gasteiger partial charge in [-0.25, -0.2) is 9.59 Å². The van der Waals surface area contributed by atoms with Crippen molar-refractivity contribution >= 4 is 26.6 Å². The maximum Gasteiger partial charge on any atom is 0.336 e. The first-order valence-electron chi connectivity index (χ1n) is 8.25. The monoisotopic (exact) mass is 362 g/mol. The second kappa shape index (κ2) is 7.80. The molecule has 0 atom stereocenters. The molecule has 0 aliphatic rings. The molecule has 0 aliphatic carbocycles. The Morgan fingerprint density at radius 2 is 1.19 bits per heavy atom. The summed E-state index contributed by atoms with van der Waals surface area (Å²) >= 11 is 0. The Labute approximate surface area is 153 Å². The lowest BCUT2D eigenvalue weighted by molar-refractivity contribution is 0.0651. The Kier molecular flexibility index (Phi) is 5.29. The van der Waals surface area contributed by atoms with Crippen molar-refractivity contribution in [2.24, 2.45) is 0 Å². The smallest absolute Gasteiger partial charge is 0.336 e. The van der Waals surface area contributed by atoms with Crippen LogP contribution in [0.5, 0.6) is 0 Å². The van der Waals surface area contributed by atoms with Gasteiger partial charge in [-0.15, -0.1) is 0 Å². The summed E-state index contributed by atoms with van der Waals surface area (Å²) in [5.41, 5.74) is 2.23. The second-order valence-electron chi connectivity index (χ2n) is 6.07. The van der Waals surface area contributed by atoms with Crippen molar-refractivity contribution in [1.29, 1.82) is 0 Å². The van der Waals surface area contributed by atoms with Crippen molar-refractivity contribution in [3.63, 3.8) is 0 Å². The first kappa shape index (κ1) is 17.6. The molecule has 0 spiro atoms. The van der Waals surface area contributed by atoms with Crippen molar-refractivity contribution < 1.29 is 19.8 Å².